The van der Waals surface area contributed by atoms with Crippen LogP contribution in [0.4, 0.5) is 4.79 Å². The number of amides is 2. The summed E-state index contributed by atoms with van der Waals surface area (Å²) in [7, 11) is 0. The molecule has 2 fully saturated rings. The second-order valence-corrected chi connectivity index (χ2v) is 6.21. The quantitative estimate of drug-likeness (QED) is 0.783. The van der Waals surface area contributed by atoms with Crippen molar-refractivity contribution >= 4 is 12.0 Å². The Labute approximate surface area is 113 Å². The Hall–Kier alpha value is -1.30. The summed E-state index contributed by atoms with van der Waals surface area (Å²) in [5, 5.41) is 1.39. The van der Waals surface area contributed by atoms with E-state index in [0.29, 0.717) is 19.8 Å². The summed E-state index contributed by atoms with van der Waals surface area (Å²) in [6.07, 6.45) is 1.66. The van der Waals surface area contributed by atoms with E-state index in [1.165, 1.54) is 5.01 Å². The molecule has 6 heteroatoms. The average Bonchev–Trinajstić information content (AvgIpc) is 2.57. The van der Waals surface area contributed by atoms with Gasteiger partial charge in [0.1, 0.15) is 5.60 Å². The molecule has 1 N–H and O–H groups in total. The second kappa shape index (κ2) is 5.00. The molecule has 2 heterocycles. The first kappa shape index (κ1) is 14.1. The summed E-state index contributed by atoms with van der Waals surface area (Å²) in [4.78, 5) is 24.1. The van der Waals surface area contributed by atoms with Gasteiger partial charge in [-0.25, -0.2) is 10.2 Å². The van der Waals surface area contributed by atoms with Crippen LogP contribution in [0.25, 0.3) is 0 Å². The third kappa shape index (κ3) is 3.18. The van der Waals surface area contributed by atoms with E-state index in [1.807, 2.05) is 0 Å². The molecule has 0 unspecified atom stereocenters. The second-order valence-electron chi connectivity index (χ2n) is 6.21. The molecule has 0 radical (unpaired) electrons. The maximum Gasteiger partial charge on any atom is 0.426 e. The van der Waals surface area contributed by atoms with Gasteiger partial charge in [-0.2, -0.15) is 0 Å². The van der Waals surface area contributed by atoms with Gasteiger partial charge < -0.3 is 9.47 Å². The molecular weight excluding hydrogens is 248 g/mol. The van der Waals surface area contributed by atoms with Crippen molar-refractivity contribution in [3.63, 3.8) is 0 Å². The van der Waals surface area contributed by atoms with E-state index in [2.05, 4.69) is 5.43 Å². The molecule has 2 saturated heterocycles. The van der Waals surface area contributed by atoms with Crippen molar-refractivity contribution in [1.82, 2.24) is 10.4 Å². The SMILES string of the molecule is CC(C)(C)OC(=O)NN1CCC2(CCOCC2)C1=O. The van der Waals surface area contributed by atoms with Crippen molar-refractivity contribution in [1.29, 1.82) is 0 Å². The molecule has 0 saturated carbocycles. The first-order chi connectivity index (χ1) is 8.82. The number of carbonyl (C=O) groups is 2. The summed E-state index contributed by atoms with van der Waals surface area (Å²) < 4.78 is 10.5. The molecule has 0 aromatic rings. The summed E-state index contributed by atoms with van der Waals surface area (Å²) in [5.41, 5.74) is 1.63. The van der Waals surface area contributed by atoms with Crippen molar-refractivity contribution in [2.75, 3.05) is 19.8 Å². The number of hydrazine groups is 1. The molecule has 2 aliphatic heterocycles. The molecule has 0 bridgehead atoms. The van der Waals surface area contributed by atoms with E-state index in [-0.39, 0.29) is 11.3 Å². The van der Waals surface area contributed by atoms with Crippen molar-refractivity contribution in [3.8, 4) is 0 Å². The van der Waals surface area contributed by atoms with E-state index in [9.17, 15) is 9.59 Å². The predicted octanol–water partition coefficient (Wildman–Crippen LogP) is 1.46. The number of hydrogen-bond acceptors (Lipinski definition) is 4. The Morgan fingerprint density at radius 3 is 2.53 bits per heavy atom. The monoisotopic (exact) mass is 270 g/mol. The Bertz CT molecular complexity index is 369. The van der Waals surface area contributed by atoms with Gasteiger partial charge in [0.2, 0.25) is 5.91 Å². The van der Waals surface area contributed by atoms with Crippen molar-refractivity contribution in [2.24, 2.45) is 5.41 Å². The van der Waals surface area contributed by atoms with Crippen LogP contribution in [0, 0.1) is 5.41 Å². The van der Waals surface area contributed by atoms with Crippen LogP contribution in [0.5, 0.6) is 0 Å². The topological polar surface area (TPSA) is 67.9 Å². The Morgan fingerprint density at radius 2 is 1.95 bits per heavy atom. The number of nitrogens with one attached hydrogen (secondary N) is 1. The third-order valence-electron chi connectivity index (χ3n) is 3.59. The van der Waals surface area contributed by atoms with Gasteiger partial charge in [0.15, 0.2) is 0 Å². The lowest BCUT2D eigenvalue weighted by Gasteiger charge is -2.31. The lowest BCUT2D eigenvalue weighted by molar-refractivity contribution is -0.143. The number of ether oxygens (including phenoxy) is 2. The minimum Gasteiger partial charge on any atom is -0.443 e. The smallest absolute Gasteiger partial charge is 0.426 e. The van der Waals surface area contributed by atoms with Gasteiger partial charge in [0.05, 0.1) is 5.41 Å². The molecule has 0 aromatic carbocycles. The van der Waals surface area contributed by atoms with Crippen molar-refractivity contribution in [3.05, 3.63) is 0 Å². The molecule has 6 nitrogen and oxygen atoms in total. The van der Waals surface area contributed by atoms with Crippen LogP contribution < -0.4 is 5.43 Å². The maximum absolute atomic E-state index is 12.4. The molecule has 1 spiro atoms. The minimum absolute atomic E-state index is 0.0124. The van der Waals surface area contributed by atoms with Gasteiger partial charge in [0, 0.05) is 19.8 Å². The van der Waals surface area contributed by atoms with E-state index in [0.717, 1.165) is 19.3 Å². The molecule has 108 valence electrons. The van der Waals surface area contributed by atoms with Gasteiger partial charge in [-0.1, -0.05) is 0 Å². The van der Waals surface area contributed by atoms with E-state index >= 15 is 0 Å². The highest BCUT2D eigenvalue weighted by Crippen LogP contribution is 2.40. The Balaban J connectivity index is 1.93. The fraction of sp³-hybridized carbons (Fsp3) is 0.846. The number of hydrogen-bond donors (Lipinski definition) is 1. The van der Waals surface area contributed by atoms with E-state index < -0.39 is 11.7 Å². The first-order valence-electron chi connectivity index (χ1n) is 6.72. The lowest BCUT2D eigenvalue weighted by Crippen LogP contribution is -2.48. The van der Waals surface area contributed by atoms with Crippen LogP contribution in [0.3, 0.4) is 0 Å². The Morgan fingerprint density at radius 1 is 1.32 bits per heavy atom. The highest BCUT2D eigenvalue weighted by atomic mass is 16.6. The largest absolute Gasteiger partial charge is 0.443 e. The molecule has 0 aliphatic carbocycles. The average molecular weight is 270 g/mol. The van der Waals surface area contributed by atoms with Gasteiger partial charge in [-0.3, -0.25) is 9.80 Å². The van der Waals surface area contributed by atoms with Crippen molar-refractivity contribution < 1.29 is 19.1 Å². The molecule has 0 aromatic heterocycles. The normalized spacial score (nSPS) is 22.7. The minimum atomic E-state index is -0.579. The summed E-state index contributed by atoms with van der Waals surface area (Å²) in [6, 6.07) is 0. The molecule has 2 rings (SSSR count). The zero-order valence-electron chi connectivity index (χ0n) is 11.8. The van der Waals surface area contributed by atoms with Gasteiger partial charge in [0.25, 0.3) is 0 Å². The third-order valence-corrected chi connectivity index (χ3v) is 3.59. The van der Waals surface area contributed by atoms with Crippen LogP contribution in [0.15, 0.2) is 0 Å². The molecule has 2 aliphatic rings. The summed E-state index contributed by atoms with van der Waals surface area (Å²) in [5.74, 6) is -0.0124. The molecular formula is C13H22N2O4. The van der Waals surface area contributed by atoms with Gasteiger partial charge >= 0.3 is 6.09 Å². The van der Waals surface area contributed by atoms with E-state index in [1.54, 1.807) is 20.8 Å². The lowest BCUT2D eigenvalue weighted by atomic mass is 9.79. The highest BCUT2D eigenvalue weighted by molar-refractivity contribution is 5.86. The van der Waals surface area contributed by atoms with Crippen LogP contribution in [0.1, 0.15) is 40.0 Å². The molecule has 2 amide bonds. The van der Waals surface area contributed by atoms with Gasteiger partial charge in [-0.15, -0.1) is 0 Å². The molecule has 0 atom stereocenters. The van der Waals surface area contributed by atoms with Crippen LogP contribution in [-0.2, 0) is 14.3 Å². The maximum atomic E-state index is 12.4. The first-order valence-corrected chi connectivity index (χ1v) is 6.72. The van der Waals surface area contributed by atoms with Gasteiger partial charge in [-0.05, 0) is 40.0 Å². The summed E-state index contributed by atoms with van der Waals surface area (Å²) >= 11 is 0. The van der Waals surface area contributed by atoms with Crippen LogP contribution >= 0.6 is 0 Å². The Kier molecular flexibility index (Phi) is 3.71. The fourth-order valence-electron chi connectivity index (χ4n) is 2.56. The standard InChI is InChI=1S/C13H22N2O4/c1-12(2,3)19-11(17)14-15-7-4-13(10(15)16)5-8-18-9-6-13/h4-9H2,1-3H3,(H,14,17). The zero-order chi connectivity index (χ0) is 14.1. The number of rotatable bonds is 1. The zero-order valence-corrected chi connectivity index (χ0v) is 11.8. The number of nitrogens with zero attached hydrogens (tertiary/aromatic N) is 1. The van der Waals surface area contributed by atoms with Crippen LogP contribution in [-0.4, -0.2) is 42.4 Å². The number of carbonyl (C=O) groups excluding carboxylic acids is 2. The fourth-order valence-corrected chi connectivity index (χ4v) is 2.56. The van der Waals surface area contributed by atoms with Crippen molar-refractivity contribution in [2.45, 2.75) is 45.6 Å². The summed E-state index contributed by atoms with van der Waals surface area (Å²) in [6.45, 7) is 7.14. The van der Waals surface area contributed by atoms with Crippen LogP contribution in [0.2, 0.25) is 0 Å². The van der Waals surface area contributed by atoms with E-state index in [4.69, 9.17) is 9.47 Å². The predicted molar refractivity (Wildman–Crippen MR) is 68.2 cm³/mol. The highest BCUT2D eigenvalue weighted by Gasteiger charge is 2.48. The molecule has 19 heavy (non-hydrogen) atoms.